The SMILES string of the molecule is CCO/N=C(\c1nsc(=O)[nH]1)C(NO)[C@@H]1C(=O)N2C(C(=O)O)=C(Sc3nc(-c4cc[n+](C)cc4)cs3)CS[C@H]12. The van der Waals surface area contributed by atoms with Crippen molar-refractivity contribution in [2.45, 2.75) is 22.7 Å². The van der Waals surface area contributed by atoms with Crippen molar-refractivity contribution in [3.8, 4) is 11.3 Å². The van der Waals surface area contributed by atoms with E-state index in [1.54, 1.807) is 6.92 Å². The van der Waals surface area contributed by atoms with Gasteiger partial charge in [0.25, 0.3) is 0 Å². The lowest BCUT2D eigenvalue weighted by molar-refractivity contribution is -0.671. The number of carboxylic acid groups (broad SMARTS) is 1. The Morgan fingerprint density at radius 1 is 1.41 bits per heavy atom. The van der Waals surface area contributed by atoms with Crippen LogP contribution in [0.5, 0.6) is 0 Å². The number of hydrogen-bond acceptors (Lipinski definition) is 13. The molecule has 0 bridgehead atoms. The number of oxime groups is 1. The van der Waals surface area contributed by atoms with Crippen LogP contribution in [0.4, 0.5) is 0 Å². The molecule has 0 spiro atoms. The summed E-state index contributed by atoms with van der Waals surface area (Å²) in [5.41, 5.74) is 3.73. The van der Waals surface area contributed by atoms with Crippen molar-refractivity contribution < 1.29 is 29.3 Å². The van der Waals surface area contributed by atoms with E-state index in [0.29, 0.717) is 26.5 Å². The molecule has 39 heavy (non-hydrogen) atoms. The molecule has 13 nitrogen and oxygen atoms in total. The Kier molecular flexibility index (Phi) is 8.15. The number of hydrogen-bond donors (Lipinski definition) is 4. The number of carbonyl (C=O) groups excluding carboxylic acids is 1. The first kappa shape index (κ1) is 27.5. The van der Waals surface area contributed by atoms with Crippen LogP contribution in [0.3, 0.4) is 0 Å². The second-order valence-corrected chi connectivity index (χ2v) is 12.4. The Balaban J connectivity index is 1.40. The maximum atomic E-state index is 13.4. The summed E-state index contributed by atoms with van der Waals surface area (Å²) in [5.74, 6) is -2.28. The van der Waals surface area contributed by atoms with E-state index in [2.05, 4.69) is 25.0 Å². The van der Waals surface area contributed by atoms with Crippen LogP contribution in [-0.2, 0) is 21.5 Å². The number of aliphatic carboxylic acids is 1. The smallest absolute Gasteiger partial charge is 0.353 e. The zero-order valence-electron chi connectivity index (χ0n) is 20.4. The van der Waals surface area contributed by atoms with E-state index in [4.69, 9.17) is 4.84 Å². The largest absolute Gasteiger partial charge is 0.477 e. The number of aryl methyl sites for hydroxylation is 1. The molecule has 1 saturated heterocycles. The van der Waals surface area contributed by atoms with Crippen LogP contribution in [0.1, 0.15) is 12.7 Å². The molecule has 204 valence electrons. The van der Waals surface area contributed by atoms with E-state index in [-0.39, 0.29) is 23.8 Å². The van der Waals surface area contributed by atoms with Crippen molar-refractivity contribution in [2.24, 2.45) is 18.1 Å². The number of aromatic amines is 1. The summed E-state index contributed by atoms with van der Waals surface area (Å²) in [6, 6.07) is 2.79. The minimum Gasteiger partial charge on any atom is -0.477 e. The van der Waals surface area contributed by atoms with Crippen LogP contribution in [0.25, 0.3) is 11.3 Å². The van der Waals surface area contributed by atoms with Crippen LogP contribution >= 0.6 is 46.4 Å². The first-order valence-electron chi connectivity index (χ1n) is 11.5. The molecule has 1 fully saturated rings. The van der Waals surface area contributed by atoms with Crippen molar-refractivity contribution in [3.63, 3.8) is 0 Å². The minimum absolute atomic E-state index is 0.0298. The number of aromatic nitrogens is 4. The third-order valence-electron chi connectivity index (χ3n) is 5.91. The Morgan fingerprint density at radius 2 is 2.18 bits per heavy atom. The number of fused-ring (bicyclic) bond motifs is 1. The number of amides is 1. The molecule has 2 aliphatic heterocycles. The number of carboxylic acids is 1. The van der Waals surface area contributed by atoms with Gasteiger partial charge in [0.15, 0.2) is 22.6 Å². The Labute approximate surface area is 237 Å². The third-order valence-corrected chi connectivity index (χ3v) is 9.96. The maximum Gasteiger partial charge on any atom is 0.353 e. The number of carbonyl (C=O) groups is 2. The molecule has 2 aliphatic rings. The second kappa shape index (κ2) is 11.6. The Hall–Kier alpha value is -3.09. The zero-order valence-corrected chi connectivity index (χ0v) is 23.7. The lowest BCUT2D eigenvalue weighted by atomic mass is 9.86. The number of nitrogens with one attached hydrogen (secondary N) is 2. The van der Waals surface area contributed by atoms with Gasteiger partial charge in [-0.15, -0.1) is 23.1 Å². The topological polar surface area (TPSA) is 174 Å². The summed E-state index contributed by atoms with van der Waals surface area (Å²) >= 11 is 4.64. The lowest BCUT2D eigenvalue weighted by Gasteiger charge is -2.51. The molecule has 4 N–H and O–H groups in total. The fourth-order valence-corrected chi connectivity index (χ4v) is 8.14. The fourth-order valence-electron chi connectivity index (χ4n) is 4.12. The molecule has 0 radical (unpaired) electrons. The summed E-state index contributed by atoms with van der Waals surface area (Å²) in [5, 5.41) is 25.4. The van der Waals surface area contributed by atoms with Gasteiger partial charge in [0.05, 0.1) is 23.0 Å². The first-order chi connectivity index (χ1) is 18.8. The van der Waals surface area contributed by atoms with Gasteiger partial charge in [-0.2, -0.15) is 9.85 Å². The van der Waals surface area contributed by atoms with Gasteiger partial charge >= 0.3 is 10.8 Å². The third kappa shape index (κ3) is 5.37. The second-order valence-electron chi connectivity index (χ2n) is 8.31. The van der Waals surface area contributed by atoms with Crippen LogP contribution in [0.15, 0.2) is 54.8 Å². The summed E-state index contributed by atoms with van der Waals surface area (Å²) in [4.78, 5) is 51.0. The first-order valence-corrected chi connectivity index (χ1v) is 15.0. The highest BCUT2D eigenvalue weighted by Crippen LogP contribution is 2.49. The molecule has 0 saturated carbocycles. The highest BCUT2D eigenvalue weighted by molar-refractivity contribution is 8.07. The van der Waals surface area contributed by atoms with Crippen molar-refractivity contribution in [1.29, 1.82) is 0 Å². The number of thioether (sulfide) groups is 2. The van der Waals surface area contributed by atoms with E-state index in [1.807, 2.05) is 41.5 Å². The van der Waals surface area contributed by atoms with Gasteiger partial charge < -0.3 is 15.2 Å². The molecule has 3 aromatic heterocycles. The summed E-state index contributed by atoms with van der Waals surface area (Å²) in [6.45, 7) is 1.90. The van der Waals surface area contributed by atoms with Crippen LogP contribution in [0.2, 0.25) is 0 Å². The number of rotatable bonds is 10. The summed E-state index contributed by atoms with van der Waals surface area (Å²) in [6.07, 6.45) is 3.84. The fraction of sp³-hybridized carbons (Fsp3) is 0.318. The lowest BCUT2D eigenvalue weighted by Crippen LogP contribution is -2.68. The Bertz CT molecular complexity index is 1520. The Morgan fingerprint density at radius 3 is 2.82 bits per heavy atom. The molecule has 0 aromatic carbocycles. The van der Waals surface area contributed by atoms with Crippen molar-refractivity contribution in [1.82, 2.24) is 24.7 Å². The van der Waals surface area contributed by atoms with Gasteiger partial charge in [-0.3, -0.25) is 19.5 Å². The number of β-lactam (4-membered cyclic amide) rings is 1. The van der Waals surface area contributed by atoms with Crippen LogP contribution < -0.4 is 14.9 Å². The molecule has 5 rings (SSSR count). The predicted molar refractivity (Wildman–Crippen MR) is 145 cm³/mol. The molecule has 1 amide bonds. The molecule has 1 unspecified atom stereocenters. The molecular weight excluding hydrogens is 587 g/mol. The molecule has 3 aromatic rings. The van der Waals surface area contributed by atoms with Crippen molar-refractivity contribution in [2.75, 3.05) is 12.4 Å². The van der Waals surface area contributed by atoms with E-state index in [1.165, 1.54) is 39.8 Å². The average Bonchev–Trinajstić information content (AvgIpc) is 3.57. The number of H-pyrrole nitrogens is 1. The number of nitrogens with zero attached hydrogens (tertiary/aromatic N) is 5. The molecular formula is C22H22N7O6S4+. The minimum atomic E-state index is -1.23. The summed E-state index contributed by atoms with van der Waals surface area (Å²) < 4.78 is 6.58. The molecule has 3 atom stereocenters. The van der Waals surface area contributed by atoms with E-state index >= 15 is 0 Å². The van der Waals surface area contributed by atoms with E-state index in [9.17, 15) is 24.7 Å². The number of thiazole rings is 1. The van der Waals surface area contributed by atoms with Crippen LogP contribution in [-0.4, -0.2) is 70.9 Å². The van der Waals surface area contributed by atoms with Crippen LogP contribution in [0, 0.1) is 5.92 Å². The van der Waals surface area contributed by atoms with Gasteiger partial charge in [0, 0.05) is 45.3 Å². The highest BCUT2D eigenvalue weighted by Gasteiger charge is 2.58. The molecule has 5 heterocycles. The number of pyridine rings is 1. The molecule has 17 heteroatoms. The summed E-state index contributed by atoms with van der Waals surface area (Å²) in [7, 11) is 1.92. The van der Waals surface area contributed by atoms with Gasteiger partial charge in [-0.1, -0.05) is 16.9 Å². The standard InChI is InChI=1S/C22H21N7O6S4/c1-3-35-26-15(17-24-21(33)39-27-17)14(25-34)13-18(30)29-16(20(31)32)12(9-36-19(13)29)38-22-23-11(8-37-22)10-4-6-28(2)7-5-10/h4-8,13-14,19,25,34H,3,9H2,1-2H3,(H-,24,27,31,32,33)/p+1/b26-15-/t13-,14?,19-/m1/s1. The van der Waals surface area contributed by atoms with Gasteiger partial charge in [-0.25, -0.2) is 14.3 Å². The average molecular weight is 609 g/mol. The van der Waals surface area contributed by atoms with Crippen molar-refractivity contribution in [3.05, 3.63) is 56.0 Å². The maximum absolute atomic E-state index is 13.4. The number of hydroxylamine groups is 1. The molecule has 0 aliphatic carbocycles. The zero-order chi connectivity index (χ0) is 27.7. The van der Waals surface area contributed by atoms with E-state index < -0.39 is 34.1 Å². The van der Waals surface area contributed by atoms with Gasteiger partial charge in [0.1, 0.15) is 25.1 Å². The highest BCUT2D eigenvalue weighted by atomic mass is 32.2. The van der Waals surface area contributed by atoms with E-state index in [0.717, 1.165) is 11.3 Å². The predicted octanol–water partition coefficient (Wildman–Crippen LogP) is 1.49. The quantitative estimate of drug-likeness (QED) is 0.114. The van der Waals surface area contributed by atoms with Gasteiger partial charge in [-0.05, 0) is 6.92 Å². The van der Waals surface area contributed by atoms with Gasteiger partial charge in [0.2, 0.25) is 5.91 Å². The van der Waals surface area contributed by atoms with Crippen molar-refractivity contribution >= 4 is 64.0 Å². The normalized spacial score (nSPS) is 20.0. The monoisotopic (exact) mass is 608 g/mol.